The van der Waals surface area contributed by atoms with E-state index < -0.39 is 12.0 Å². The molecule has 0 aliphatic rings. The van der Waals surface area contributed by atoms with Gasteiger partial charge in [0, 0.05) is 0 Å². The van der Waals surface area contributed by atoms with E-state index in [2.05, 4.69) is 20.9 Å². The number of hydrogen-bond acceptors (Lipinski definition) is 3. The topological polar surface area (TPSA) is 39.2 Å². The lowest BCUT2D eigenvalue weighted by Crippen LogP contribution is -2.00. The van der Waals surface area contributed by atoms with E-state index >= 15 is 0 Å². The van der Waals surface area contributed by atoms with Crippen LogP contribution in [0.5, 0.6) is 5.75 Å². The van der Waals surface area contributed by atoms with Crippen LogP contribution >= 0.6 is 15.9 Å². The van der Waals surface area contributed by atoms with Gasteiger partial charge in [-0.3, -0.25) is 4.79 Å². The Balaban J connectivity index is 3.38. The van der Waals surface area contributed by atoms with Gasteiger partial charge in [-0.05, 0) is 15.9 Å². The minimum Gasteiger partial charge on any atom is -0.494 e. The highest BCUT2D eigenvalue weighted by molar-refractivity contribution is 9.10. The Hall–Kier alpha value is -1.04. The molecular weight excluding hydrogens is 260 g/mol. The number of alkyl halides is 2. The molecule has 0 spiro atoms. The molecule has 0 fully saturated rings. The van der Waals surface area contributed by atoms with Gasteiger partial charge in [-0.25, -0.2) is 13.8 Å². The number of ether oxygens (including phenoxy) is 1. The molecule has 1 aromatic rings. The van der Waals surface area contributed by atoms with Crippen molar-refractivity contribution in [3.8, 4) is 5.75 Å². The van der Waals surface area contributed by atoms with Crippen molar-refractivity contribution in [2.45, 2.75) is 6.43 Å². The Labute approximate surface area is 87.2 Å². The Morgan fingerprint density at radius 3 is 2.71 bits per heavy atom. The number of carbonyl (C=O) groups excluding carboxylic acids is 1. The molecule has 1 rings (SSSR count). The summed E-state index contributed by atoms with van der Waals surface area (Å²) in [5.41, 5.74) is -0.730. The fourth-order valence-electron chi connectivity index (χ4n) is 0.943. The molecule has 0 unspecified atom stereocenters. The van der Waals surface area contributed by atoms with Crippen LogP contribution in [0, 0.1) is 0 Å². The molecule has 0 bridgehead atoms. The number of aldehydes is 1. The molecular formula is C8H6BrF2NO2. The number of aromatic nitrogens is 1. The standard InChI is InChI=1S/C8H6BrF2NO2/c1-14-5-2-12-4(3-13)6(7(5)9)8(10)11/h2-3,8H,1H3. The first-order valence-electron chi connectivity index (χ1n) is 3.57. The van der Waals surface area contributed by atoms with Gasteiger partial charge in [0.25, 0.3) is 6.43 Å². The second-order valence-electron chi connectivity index (χ2n) is 2.36. The number of hydrogen-bond donors (Lipinski definition) is 0. The van der Waals surface area contributed by atoms with Gasteiger partial charge < -0.3 is 4.74 Å². The van der Waals surface area contributed by atoms with Gasteiger partial charge >= 0.3 is 0 Å². The molecule has 0 atom stereocenters. The van der Waals surface area contributed by atoms with E-state index in [4.69, 9.17) is 4.74 Å². The third-order valence-corrected chi connectivity index (χ3v) is 2.42. The molecule has 0 saturated carbocycles. The van der Waals surface area contributed by atoms with E-state index in [0.29, 0.717) is 0 Å². The Morgan fingerprint density at radius 1 is 1.64 bits per heavy atom. The summed E-state index contributed by atoms with van der Waals surface area (Å²) in [5.74, 6) is 0.172. The van der Waals surface area contributed by atoms with Crippen molar-refractivity contribution in [2.75, 3.05) is 7.11 Å². The van der Waals surface area contributed by atoms with Gasteiger partial charge in [0.05, 0.1) is 23.3 Å². The molecule has 14 heavy (non-hydrogen) atoms. The number of carbonyl (C=O) groups is 1. The van der Waals surface area contributed by atoms with E-state index in [9.17, 15) is 13.6 Å². The second kappa shape index (κ2) is 4.45. The molecule has 0 radical (unpaired) electrons. The molecule has 0 amide bonds. The van der Waals surface area contributed by atoms with Crippen molar-refractivity contribution in [2.24, 2.45) is 0 Å². The summed E-state index contributed by atoms with van der Waals surface area (Å²) < 4.78 is 29.9. The number of methoxy groups -OCH3 is 1. The maximum atomic E-state index is 12.5. The monoisotopic (exact) mass is 265 g/mol. The summed E-state index contributed by atoms with van der Waals surface area (Å²) in [6, 6.07) is 0. The lowest BCUT2D eigenvalue weighted by molar-refractivity contribution is 0.110. The number of rotatable bonds is 3. The van der Waals surface area contributed by atoms with Crippen molar-refractivity contribution < 1.29 is 18.3 Å². The van der Waals surface area contributed by atoms with Crippen LogP contribution < -0.4 is 4.74 Å². The van der Waals surface area contributed by atoms with Crippen LogP contribution in [0.25, 0.3) is 0 Å². The third-order valence-electron chi connectivity index (χ3n) is 1.60. The first-order valence-corrected chi connectivity index (χ1v) is 4.36. The summed E-state index contributed by atoms with van der Waals surface area (Å²) in [7, 11) is 1.33. The highest BCUT2D eigenvalue weighted by Crippen LogP contribution is 2.35. The average Bonchev–Trinajstić information content (AvgIpc) is 2.16. The number of halogens is 3. The van der Waals surface area contributed by atoms with Crippen LogP contribution in [0.4, 0.5) is 8.78 Å². The van der Waals surface area contributed by atoms with Crippen LogP contribution in [0.1, 0.15) is 22.5 Å². The zero-order valence-corrected chi connectivity index (χ0v) is 8.72. The zero-order chi connectivity index (χ0) is 10.7. The van der Waals surface area contributed by atoms with E-state index in [0.717, 1.165) is 0 Å². The highest BCUT2D eigenvalue weighted by atomic mass is 79.9. The molecule has 76 valence electrons. The van der Waals surface area contributed by atoms with Gasteiger partial charge in [-0.1, -0.05) is 0 Å². The lowest BCUT2D eigenvalue weighted by atomic mass is 10.2. The van der Waals surface area contributed by atoms with Gasteiger partial charge in [0.2, 0.25) is 0 Å². The largest absolute Gasteiger partial charge is 0.494 e. The predicted molar refractivity (Wildman–Crippen MR) is 48.8 cm³/mol. The smallest absolute Gasteiger partial charge is 0.267 e. The van der Waals surface area contributed by atoms with Gasteiger partial charge in [0.1, 0.15) is 5.69 Å². The molecule has 0 aromatic carbocycles. The fourth-order valence-corrected chi connectivity index (χ4v) is 1.58. The van der Waals surface area contributed by atoms with E-state index in [-0.39, 0.29) is 22.2 Å². The SMILES string of the molecule is COc1cnc(C=O)c(C(F)F)c1Br. The summed E-state index contributed by atoms with van der Waals surface area (Å²) in [6.45, 7) is 0. The molecule has 0 N–H and O–H groups in total. The number of pyridine rings is 1. The Kier molecular flexibility index (Phi) is 3.51. The Bertz CT molecular complexity index is 357. The molecule has 0 aliphatic heterocycles. The Morgan fingerprint density at radius 2 is 2.29 bits per heavy atom. The minimum absolute atomic E-state index is 0.0621. The quantitative estimate of drug-likeness (QED) is 0.789. The zero-order valence-electron chi connectivity index (χ0n) is 7.13. The van der Waals surface area contributed by atoms with Gasteiger partial charge in [-0.2, -0.15) is 0 Å². The molecule has 0 aliphatic carbocycles. The van der Waals surface area contributed by atoms with Crippen LogP contribution in [-0.4, -0.2) is 18.4 Å². The highest BCUT2D eigenvalue weighted by Gasteiger charge is 2.20. The molecule has 1 heterocycles. The van der Waals surface area contributed by atoms with Crippen LogP contribution in [-0.2, 0) is 0 Å². The van der Waals surface area contributed by atoms with Crippen molar-refractivity contribution >= 4 is 22.2 Å². The number of nitrogens with zero attached hydrogens (tertiary/aromatic N) is 1. The van der Waals surface area contributed by atoms with Crippen molar-refractivity contribution in [1.82, 2.24) is 4.98 Å². The second-order valence-corrected chi connectivity index (χ2v) is 3.15. The van der Waals surface area contributed by atoms with Crippen LogP contribution in [0.2, 0.25) is 0 Å². The third kappa shape index (κ3) is 1.89. The van der Waals surface area contributed by atoms with Crippen molar-refractivity contribution in [3.05, 3.63) is 21.9 Å². The van der Waals surface area contributed by atoms with E-state index in [1.54, 1.807) is 0 Å². The molecule has 0 saturated heterocycles. The predicted octanol–water partition coefficient (Wildman–Crippen LogP) is 2.60. The normalized spacial score (nSPS) is 10.4. The average molecular weight is 266 g/mol. The maximum Gasteiger partial charge on any atom is 0.267 e. The van der Waals surface area contributed by atoms with Crippen LogP contribution in [0.15, 0.2) is 10.7 Å². The molecule has 3 nitrogen and oxygen atoms in total. The lowest BCUT2D eigenvalue weighted by Gasteiger charge is -2.09. The first kappa shape index (κ1) is 11.0. The van der Waals surface area contributed by atoms with Crippen molar-refractivity contribution in [3.63, 3.8) is 0 Å². The van der Waals surface area contributed by atoms with Gasteiger partial charge in [0.15, 0.2) is 12.0 Å². The summed E-state index contributed by atoms with van der Waals surface area (Å²) in [4.78, 5) is 14.0. The molecule has 6 heteroatoms. The van der Waals surface area contributed by atoms with E-state index in [1.807, 2.05) is 0 Å². The van der Waals surface area contributed by atoms with Crippen LogP contribution in [0.3, 0.4) is 0 Å². The molecule has 1 aromatic heterocycles. The van der Waals surface area contributed by atoms with Crippen molar-refractivity contribution in [1.29, 1.82) is 0 Å². The summed E-state index contributed by atoms with van der Waals surface area (Å²) >= 11 is 2.93. The van der Waals surface area contributed by atoms with E-state index in [1.165, 1.54) is 13.3 Å². The first-order chi connectivity index (χ1) is 6.61. The van der Waals surface area contributed by atoms with Gasteiger partial charge in [-0.15, -0.1) is 0 Å². The summed E-state index contributed by atoms with van der Waals surface area (Å²) in [6.07, 6.45) is -1.28. The fraction of sp³-hybridized carbons (Fsp3) is 0.250. The minimum atomic E-state index is -2.77. The maximum absolute atomic E-state index is 12.5. The summed E-state index contributed by atoms with van der Waals surface area (Å²) in [5, 5.41) is 0.